The van der Waals surface area contributed by atoms with Gasteiger partial charge in [-0.15, -0.1) is 0 Å². The first-order chi connectivity index (χ1) is 12.5. The van der Waals surface area contributed by atoms with Gasteiger partial charge >= 0.3 is 0 Å². The van der Waals surface area contributed by atoms with Crippen LogP contribution in [-0.2, 0) is 17.1 Å². The van der Waals surface area contributed by atoms with Crippen molar-refractivity contribution in [3.63, 3.8) is 0 Å². The van der Waals surface area contributed by atoms with E-state index in [9.17, 15) is 8.42 Å². The minimum Gasteiger partial charge on any atom is -0.497 e. The molecule has 1 aromatic carbocycles. The third-order valence-electron chi connectivity index (χ3n) is 4.91. The van der Waals surface area contributed by atoms with Crippen molar-refractivity contribution in [3.8, 4) is 5.75 Å². The molecule has 26 heavy (non-hydrogen) atoms. The number of hydrogen-bond acceptors (Lipinski definition) is 5. The van der Waals surface area contributed by atoms with Crippen molar-refractivity contribution < 1.29 is 13.2 Å². The topological polar surface area (TPSA) is 77.3 Å². The van der Waals surface area contributed by atoms with Gasteiger partial charge in [0, 0.05) is 38.3 Å². The van der Waals surface area contributed by atoms with Gasteiger partial charge in [-0.05, 0) is 24.6 Å². The van der Waals surface area contributed by atoms with Gasteiger partial charge in [0.25, 0.3) is 0 Å². The summed E-state index contributed by atoms with van der Waals surface area (Å²) in [6, 6.07) is 8.46. The Hall–Kier alpha value is -2.45. The molecule has 1 saturated heterocycles. The van der Waals surface area contributed by atoms with Gasteiger partial charge < -0.3 is 9.30 Å². The van der Waals surface area contributed by atoms with E-state index in [0.717, 1.165) is 23.3 Å². The Bertz CT molecular complexity index is 1060. The first-order valence-electron chi connectivity index (χ1n) is 8.41. The number of imidazole rings is 1. The lowest BCUT2D eigenvalue weighted by Gasteiger charge is -2.17. The average Bonchev–Trinajstić information content (AvgIpc) is 3.28. The van der Waals surface area contributed by atoms with Crippen LogP contribution in [0.3, 0.4) is 0 Å². The zero-order chi connectivity index (χ0) is 18.3. The third kappa shape index (κ3) is 2.75. The molecule has 3 heterocycles. The first kappa shape index (κ1) is 17.0. The highest BCUT2D eigenvalue weighted by Crippen LogP contribution is 2.32. The molecule has 1 aliphatic heterocycles. The molecule has 1 atom stereocenters. The van der Waals surface area contributed by atoms with Gasteiger partial charge in [0.15, 0.2) is 0 Å². The molecule has 4 rings (SSSR count). The maximum atomic E-state index is 13.0. The number of ether oxygens (including phenoxy) is 1. The van der Waals surface area contributed by atoms with Crippen molar-refractivity contribution in [2.45, 2.75) is 17.2 Å². The van der Waals surface area contributed by atoms with Crippen molar-refractivity contribution in [1.82, 2.24) is 18.8 Å². The van der Waals surface area contributed by atoms with Crippen LogP contribution in [0.5, 0.6) is 5.75 Å². The fourth-order valence-electron chi connectivity index (χ4n) is 3.49. The number of aryl methyl sites for hydroxylation is 1. The molecule has 0 spiro atoms. The van der Waals surface area contributed by atoms with Crippen LogP contribution in [0.4, 0.5) is 0 Å². The summed E-state index contributed by atoms with van der Waals surface area (Å²) in [4.78, 5) is 9.09. The van der Waals surface area contributed by atoms with Crippen LogP contribution >= 0.6 is 0 Å². The van der Waals surface area contributed by atoms with Gasteiger partial charge in [-0.2, -0.15) is 4.31 Å². The molecule has 0 bridgehead atoms. The lowest BCUT2D eigenvalue weighted by atomic mass is 10.1. The molecule has 3 aromatic rings. The number of aromatic nitrogens is 3. The highest BCUT2D eigenvalue weighted by Gasteiger charge is 2.35. The minimum absolute atomic E-state index is 0.0628. The Balaban J connectivity index is 1.62. The minimum atomic E-state index is -3.55. The molecule has 0 N–H and O–H groups in total. The van der Waals surface area contributed by atoms with Crippen LogP contribution in [0.15, 0.2) is 47.6 Å². The summed E-state index contributed by atoms with van der Waals surface area (Å²) in [6.07, 6.45) is 4.24. The highest BCUT2D eigenvalue weighted by atomic mass is 32.2. The Labute approximate surface area is 152 Å². The van der Waals surface area contributed by atoms with Crippen molar-refractivity contribution in [1.29, 1.82) is 0 Å². The maximum Gasteiger partial charge on any atom is 0.243 e. The molecule has 7 nitrogen and oxygen atoms in total. The Morgan fingerprint density at radius 1 is 1.27 bits per heavy atom. The number of fused-ring (bicyclic) bond motifs is 1. The lowest BCUT2D eigenvalue weighted by molar-refractivity contribution is 0.412. The van der Waals surface area contributed by atoms with Crippen LogP contribution in [0.25, 0.3) is 11.0 Å². The Morgan fingerprint density at radius 2 is 2.12 bits per heavy atom. The Morgan fingerprint density at radius 3 is 2.88 bits per heavy atom. The van der Waals surface area contributed by atoms with Crippen LogP contribution in [0.1, 0.15) is 18.2 Å². The van der Waals surface area contributed by atoms with Gasteiger partial charge in [0.05, 0.1) is 29.2 Å². The van der Waals surface area contributed by atoms with Gasteiger partial charge in [-0.1, -0.05) is 6.07 Å². The highest BCUT2D eigenvalue weighted by molar-refractivity contribution is 7.89. The SMILES string of the molecule is COc1cccc(S(=O)(=O)N2CCC(c3nc4ccncc4n3C)C2)c1. The van der Waals surface area contributed by atoms with Gasteiger partial charge in [-0.25, -0.2) is 13.4 Å². The van der Waals surface area contributed by atoms with Crippen molar-refractivity contribution in [2.24, 2.45) is 7.05 Å². The predicted molar refractivity (Wildman–Crippen MR) is 97.6 cm³/mol. The van der Waals surface area contributed by atoms with Crippen molar-refractivity contribution >= 4 is 21.1 Å². The molecule has 8 heteroatoms. The second-order valence-electron chi connectivity index (χ2n) is 6.42. The van der Waals surface area contributed by atoms with E-state index in [-0.39, 0.29) is 10.8 Å². The molecule has 2 aromatic heterocycles. The second-order valence-corrected chi connectivity index (χ2v) is 8.36. The van der Waals surface area contributed by atoms with Crippen molar-refractivity contribution in [3.05, 3.63) is 48.5 Å². The number of rotatable bonds is 4. The summed E-state index contributed by atoms with van der Waals surface area (Å²) >= 11 is 0. The van der Waals surface area contributed by atoms with E-state index >= 15 is 0 Å². The quantitative estimate of drug-likeness (QED) is 0.701. The molecule has 0 amide bonds. The largest absolute Gasteiger partial charge is 0.497 e. The van der Waals surface area contributed by atoms with Crippen molar-refractivity contribution in [2.75, 3.05) is 20.2 Å². The van der Waals surface area contributed by atoms with E-state index in [1.54, 1.807) is 36.7 Å². The van der Waals surface area contributed by atoms with Crippen LogP contribution in [0.2, 0.25) is 0 Å². The van der Waals surface area contributed by atoms with Gasteiger partial charge in [0.2, 0.25) is 10.0 Å². The first-order valence-corrected chi connectivity index (χ1v) is 9.85. The average molecular weight is 372 g/mol. The molecule has 0 saturated carbocycles. The molecular weight excluding hydrogens is 352 g/mol. The van der Waals surface area contributed by atoms with Gasteiger partial charge in [-0.3, -0.25) is 4.98 Å². The molecule has 1 unspecified atom stereocenters. The van der Waals surface area contributed by atoms with Crippen LogP contribution in [0, 0.1) is 0 Å². The molecular formula is C18H20N4O3S. The molecule has 136 valence electrons. The number of sulfonamides is 1. The summed E-state index contributed by atoms with van der Waals surface area (Å²) in [5, 5.41) is 0. The third-order valence-corrected chi connectivity index (χ3v) is 6.77. The number of nitrogens with zero attached hydrogens (tertiary/aromatic N) is 4. The number of benzene rings is 1. The van der Waals surface area contributed by atoms with Gasteiger partial charge in [0.1, 0.15) is 11.6 Å². The molecule has 1 fully saturated rings. The summed E-state index contributed by atoms with van der Waals surface area (Å²) < 4.78 is 34.6. The fraction of sp³-hybridized carbons (Fsp3) is 0.333. The number of pyridine rings is 1. The molecule has 0 aliphatic carbocycles. The second kappa shape index (κ2) is 6.37. The predicted octanol–water partition coefficient (Wildman–Crippen LogP) is 2.16. The van der Waals surface area contributed by atoms with Crippen LogP contribution < -0.4 is 4.74 Å². The maximum absolute atomic E-state index is 13.0. The van der Waals surface area contributed by atoms with E-state index in [1.165, 1.54) is 11.4 Å². The zero-order valence-electron chi connectivity index (χ0n) is 14.7. The fourth-order valence-corrected chi connectivity index (χ4v) is 5.02. The standard InChI is InChI=1S/C18H20N4O3S/c1-21-17-11-19-8-6-16(17)20-18(21)13-7-9-22(12-13)26(23,24)15-5-3-4-14(10-15)25-2/h3-6,8,10-11,13H,7,9,12H2,1-2H3. The summed E-state index contributed by atoms with van der Waals surface area (Å²) in [7, 11) is -0.0752. The zero-order valence-corrected chi connectivity index (χ0v) is 15.5. The summed E-state index contributed by atoms with van der Waals surface area (Å²) in [5.41, 5.74) is 1.84. The lowest BCUT2D eigenvalue weighted by Crippen LogP contribution is -2.29. The number of methoxy groups -OCH3 is 1. The normalized spacial score (nSPS) is 18.5. The van der Waals surface area contributed by atoms with E-state index in [4.69, 9.17) is 9.72 Å². The monoisotopic (exact) mass is 372 g/mol. The smallest absolute Gasteiger partial charge is 0.243 e. The summed E-state index contributed by atoms with van der Waals surface area (Å²) in [5.74, 6) is 1.49. The van der Waals surface area contributed by atoms with E-state index in [2.05, 4.69) is 4.98 Å². The molecule has 0 radical (unpaired) electrons. The van der Waals surface area contributed by atoms with Crippen LogP contribution in [-0.4, -0.2) is 47.5 Å². The number of hydrogen-bond donors (Lipinski definition) is 0. The van der Waals surface area contributed by atoms with E-state index in [0.29, 0.717) is 18.8 Å². The van der Waals surface area contributed by atoms with E-state index < -0.39 is 10.0 Å². The van der Waals surface area contributed by atoms with E-state index in [1.807, 2.05) is 17.7 Å². The summed E-state index contributed by atoms with van der Waals surface area (Å²) in [6.45, 7) is 0.899. The molecule has 1 aliphatic rings. The Kier molecular flexibility index (Phi) is 4.16.